The van der Waals surface area contributed by atoms with E-state index in [1.165, 1.54) is 11.9 Å². The highest BCUT2D eigenvalue weighted by Gasteiger charge is 2.27. The van der Waals surface area contributed by atoms with Crippen molar-refractivity contribution in [2.75, 3.05) is 13.6 Å². The molecule has 0 bridgehead atoms. The Morgan fingerprint density at radius 1 is 1.50 bits per heavy atom. The van der Waals surface area contributed by atoms with Crippen LogP contribution in [0.2, 0.25) is 0 Å². The van der Waals surface area contributed by atoms with Gasteiger partial charge in [0.2, 0.25) is 11.8 Å². The minimum atomic E-state index is -0.642. The molecule has 12 heavy (non-hydrogen) atoms. The lowest BCUT2D eigenvalue weighted by Crippen LogP contribution is -2.43. The van der Waals surface area contributed by atoms with Crippen molar-refractivity contribution in [2.45, 2.75) is 18.2 Å². The molecular formula is C7H13BrN2O2. The van der Waals surface area contributed by atoms with Crippen molar-refractivity contribution in [1.82, 2.24) is 4.90 Å². The lowest BCUT2D eigenvalue weighted by atomic mass is 10.2. The minimum Gasteiger partial charge on any atom is -0.368 e. The van der Waals surface area contributed by atoms with E-state index in [-0.39, 0.29) is 12.5 Å². The highest BCUT2D eigenvalue weighted by atomic mass is 79.9. The molecule has 0 aromatic heterocycles. The van der Waals surface area contributed by atoms with Gasteiger partial charge in [-0.25, -0.2) is 0 Å². The summed E-state index contributed by atoms with van der Waals surface area (Å²) >= 11 is 3.19. The first-order valence-electron chi connectivity index (χ1n) is 3.48. The van der Waals surface area contributed by atoms with Crippen molar-refractivity contribution in [3.8, 4) is 0 Å². The number of likely N-dealkylation sites (N-methyl/N-ethyl adjacent to an activating group) is 1. The van der Waals surface area contributed by atoms with Gasteiger partial charge < -0.3 is 10.6 Å². The Labute approximate surface area is 80.2 Å². The Morgan fingerprint density at radius 3 is 2.17 bits per heavy atom. The third-order valence-corrected chi connectivity index (χ3v) is 1.59. The molecule has 0 fully saturated rings. The number of alkyl halides is 1. The number of halogens is 1. The number of nitrogens with two attached hydrogens (primary N) is 1. The zero-order chi connectivity index (χ0) is 9.94. The van der Waals surface area contributed by atoms with Crippen LogP contribution < -0.4 is 5.73 Å². The first-order chi connectivity index (χ1) is 5.25. The van der Waals surface area contributed by atoms with Crippen molar-refractivity contribution in [3.05, 3.63) is 0 Å². The molecule has 70 valence electrons. The second-order valence-electron chi connectivity index (χ2n) is 3.10. The van der Waals surface area contributed by atoms with Crippen molar-refractivity contribution in [3.63, 3.8) is 0 Å². The van der Waals surface area contributed by atoms with Crippen LogP contribution in [0, 0.1) is 0 Å². The Hall–Kier alpha value is -0.580. The lowest BCUT2D eigenvalue weighted by Gasteiger charge is -2.23. The molecule has 0 saturated carbocycles. The molecule has 0 radical (unpaired) electrons. The summed E-state index contributed by atoms with van der Waals surface area (Å²) in [5.74, 6) is -0.677. The van der Waals surface area contributed by atoms with Crippen LogP contribution >= 0.6 is 15.9 Å². The van der Waals surface area contributed by atoms with Crippen LogP contribution in [0.1, 0.15) is 13.8 Å². The summed E-state index contributed by atoms with van der Waals surface area (Å²) in [5.41, 5.74) is 4.93. The fraction of sp³-hybridized carbons (Fsp3) is 0.714. The van der Waals surface area contributed by atoms with Gasteiger partial charge in [0.25, 0.3) is 0 Å². The molecule has 0 rings (SSSR count). The Kier molecular flexibility index (Phi) is 3.70. The summed E-state index contributed by atoms with van der Waals surface area (Å²) < 4.78 is -0.642. The zero-order valence-electron chi connectivity index (χ0n) is 7.43. The first-order valence-corrected chi connectivity index (χ1v) is 4.27. The monoisotopic (exact) mass is 236 g/mol. The number of nitrogens with zero attached hydrogens (tertiary/aromatic N) is 1. The van der Waals surface area contributed by atoms with Crippen LogP contribution in [0.4, 0.5) is 0 Å². The molecule has 0 aromatic carbocycles. The van der Waals surface area contributed by atoms with Gasteiger partial charge in [-0.1, -0.05) is 15.9 Å². The summed E-state index contributed by atoms with van der Waals surface area (Å²) in [5, 5.41) is 0. The summed E-state index contributed by atoms with van der Waals surface area (Å²) in [4.78, 5) is 23.1. The van der Waals surface area contributed by atoms with Gasteiger partial charge in [-0.3, -0.25) is 9.59 Å². The van der Waals surface area contributed by atoms with Crippen LogP contribution in [0.15, 0.2) is 0 Å². The standard InChI is InChI=1S/C7H13BrN2O2/c1-7(2,8)6(12)10(3)4-5(9)11/h4H2,1-3H3,(H2,9,11). The SMILES string of the molecule is CN(CC(N)=O)C(=O)C(C)(C)Br. The van der Waals surface area contributed by atoms with E-state index in [0.29, 0.717) is 0 Å². The maximum atomic E-state index is 11.4. The second-order valence-corrected chi connectivity index (χ2v) is 5.08. The van der Waals surface area contributed by atoms with Crippen molar-refractivity contribution < 1.29 is 9.59 Å². The number of rotatable bonds is 3. The maximum Gasteiger partial charge on any atom is 0.239 e. The molecule has 2 N–H and O–H groups in total. The van der Waals surface area contributed by atoms with Crippen molar-refractivity contribution >= 4 is 27.7 Å². The van der Waals surface area contributed by atoms with E-state index in [1.54, 1.807) is 13.8 Å². The Balaban J connectivity index is 4.21. The van der Waals surface area contributed by atoms with Crippen LogP contribution in [0.25, 0.3) is 0 Å². The van der Waals surface area contributed by atoms with E-state index in [2.05, 4.69) is 15.9 Å². The highest BCUT2D eigenvalue weighted by molar-refractivity contribution is 9.10. The molecule has 4 nitrogen and oxygen atoms in total. The normalized spacial score (nSPS) is 11.0. The van der Waals surface area contributed by atoms with Crippen molar-refractivity contribution in [1.29, 1.82) is 0 Å². The van der Waals surface area contributed by atoms with E-state index < -0.39 is 10.2 Å². The van der Waals surface area contributed by atoms with E-state index in [1.807, 2.05) is 0 Å². The molecular weight excluding hydrogens is 224 g/mol. The first kappa shape index (κ1) is 11.4. The molecule has 2 amide bonds. The number of hydrogen-bond donors (Lipinski definition) is 1. The molecule has 0 aliphatic carbocycles. The predicted octanol–water partition coefficient (Wildman–Crippen LogP) is 0.104. The van der Waals surface area contributed by atoms with Gasteiger partial charge in [0.1, 0.15) is 0 Å². The topological polar surface area (TPSA) is 63.4 Å². The van der Waals surface area contributed by atoms with E-state index in [4.69, 9.17) is 5.73 Å². The molecule has 0 saturated heterocycles. The van der Waals surface area contributed by atoms with Gasteiger partial charge in [-0.05, 0) is 13.8 Å². The van der Waals surface area contributed by atoms with Gasteiger partial charge >= 0.3 is 0 Å². The zero-order valence-corrected chi connectivity index (χ0v) is 9.01. The van der Waals surface area contributed by atoms with E-state index in [9.17, 15) is 9.59 Å². The van der Waals surface area contributed by atoms with Gasteiger partial charge in [-0.15, -0.1) is 0 Å². The maximum absolute atomic E-state index is 11.4. The van der Waals surface area contributed by atoms with Gasteiger partial charge in [0, 0.05) is 7.05 Å². The van der Waals surface area contributed by atoms with Crippen LogP contribution in [0.5, 0.6) is 0 Å². The molecule has 5 heteroatoms. The van der Waals surface area contributed by atoms with Crippen molar-refractivity contribution in [2.24, 2.45) is 5.73 Å². The second kappa shape index (κ2) is 3.89. The van der Waals surface area contributed by atoms with Crippen LogP contribution in [-0.4, -0.2) is 34.6 Å². The fourth-order valence-corrected chi connectivity index (χ4v) is 1.06. The third-order valence-electron chi connectivity index (χ3n) is 1.25. The number of carbonyl (C=O) groups excluding carboxylic acids is 2. The van der Waals surface area contributed by atoms with E-state index >= 15 is 0 Å². The smallest absolute Gasteiger partial charge is 0.239 e. The predicted molar refractivity (Wildman–Crippen MR) is 49.8 cm³/mol. The molecule has 0 spiro atoms. The minimum absolute atomic E-state index is 0.0478. The number of primary amides is 1. The van der Waals surface area contributed by atoms with Gasteiger partial charge in [-0.2, -0.15) is 0 Å². The van der Waals surface area contributed by atoms with Crippen LogP contribution in [-0.2, 0) is 9.59 Å². The lowest BCUT2D eigenvalue weighted by molar-refractivity contribution is -0.135. The molecule has 0 atom stereocenters. The fourth-order valence-electron chi connectivity index (χ4n) is 0.759. The van der Waals surface area contributed by atoms with Gasteiger partial charge in [0.15, 0.2) is 0 Å². The summed E-state index contributed by atoms with van der Waals surface area (Å²) in [7, 11) is 1.54. The summed E-state index contributed by atoms with van der Waals surface area (Å²) in [6.07, 6.45) is 0. The molecule has 0 aromatic rings. The Morgan fingerprint density at radius 2 is 1.92 bits per heavy atom. The molecule has 0 aliphatic heterocycles. The summed E-state index contributed by atoms with van der Waals surface area (Å²) in [6.45, 7) is 3.38. The highest BCUT2D eigenvalue weighted by Crippen LogP contribution is 2.17. The largest absolute Gasteiger partial charge is 0.368 e. The number of carbonyl (C=O) groups is 2. The summed E-state index contributed by atoms with van der Waals surface area (Å²) in [6, 6.07) is 0. The Bertz CT molecular complexity index is 198. The average Bonchev–Trinajstić information content (AvgIpc) is 1.82. The molecule has 0 aliphatic rings. The van der Waals surface area contributed by atoms with E-state index in [0.717, 1.165) is 0 Å². The van der Waals surface area contributed by atoms with Crippen LogP contribution in [0.3, 0.4) is 0 Å². The quantitative estimate of drug-likeness (QED) is 0.707. The molecule has 0 heterocycles. The molecule has 0 unspecified atom stereocenters. The number of amides is 2. The number of hydrogen-bond acceptors (Lipinski definition) is 2. The van der Waals surface area contributed by atoms with Gasteiger partial charge in [0.05, 0.1) is 10.9 Å². The third kappa shape index (κ3) is 3.71. The average molecular weight is 237 g/mol.